The number of hydrogen-bond donors (Lipinski definition) is 1. The van der Waals surface area contributed by atoms with E-state index in [-0.39, 0.29) is 5.91 Å². The standard InChI is InChI=1S/C16H25N3O2/c1-13-5-3-6-14(17)15(13)16(20)19-8-4-7-18(9-10-19)11-12-21-2/h3,5-6H,4,7-12,17H2,1-2H3. The third-order valence-corrected chi connectivity index (χ3v) is 4.01. The third kappa shape index (κ3) is 3.95. The first-order chi connectivity index (χ1) is 10.1. The summed E-state index contributed by atoms with van der Waals surface area (Å²) < 4.78 is 5.12. The van der Waals surface area contributed by atoms with Crippen LogP contribution in [0.3, 0.4) is 0 Å². The van der Waals surface area contributed by atoms with Crippen LogP contribution in [0, 0.1) is 6.92 Å². The molecular weight excluding hydrogens is 266 g/mol. The molecule has 0 spiro atoms. The first-order valence-electron chi connectivity index (χ1n) is 7.49. The Kier molecular flexibility index (Phi) is 5.59. The second-order valence-corrected chi connectivity index (χ2v) is 5.52. The molecule has 1 amide bonds. The highest BCUT2D eigenvalue weighted by molar-refractivity contribution is 6.00. The van der Waals surface area contributed by atoms with Crippen LogP contribution in [-0.4, -0.2) is 62.1 Å². The van der Waals surface area contributed by atoms with E-state index in [4.69, 9.17) is 10.5 Å². The van der Waals surface area contributed by atoms with Crippen molar-refractivity contribution in [2.45, 2.75) is 13.3 Å². The zero-order valence-electron chi connectivity index (χ0n) is 13.0. The van der Waals surface area contributed by atoms with Crippen LogP contribution in [0.25, 0.3) is 0 Å². The molecule has 0 saturated carbocycles. The molecule has 5 heteroatoms. The van der Waals surface area contributed by atoms with Gasteiger partial charge in [-0.1, -0.05) is 12.1 Å². The summed E-state index contributed by atoms with van der Waals surface area (Å²) in [5.74, 6) is 0.0548. The van der Waals surface area contributed by atoms with Gasteiger partial charge in [0.2, 0.25) is 0 Å². The number of nitrogen functional groups attached to an aromatic ring is 1. The lowest BCUT2D eigenvalue weighted by molar-refractivity contribution is 0.0759. The van der Waals surface area contributed by atoms with Crippen LogP contribution in [0.5, 0.6) is 0 Å². The van der Waals surface area contributed by atoms with Gasteiger partial charge in [-0.2, -0.15) is 0 Å². The van der Waals surface area contributed by atoms with Crippen molar-refractivity contribution in [3.05, 3.63) is 29.3 Å². The normalized spacial score (nSPS) is 16.8. The van der Waals surface area contributed by atoms with E-state index in [1.54, 1.807) is 13.2 Å². The van der Waals surface area contributed by atoms with Gasteiger partial charge in [0.15, 0.2) is 0 Å². The van der Waals surface area contributed by atoms with E-state index in [1.165, 1.54) is 0 Å². The van der Waals surface area contributed by atoms with Crippen molar-refractivity contribution in [3.63, 3.8) is 0 Å². The first-order valence-corrected chi connectivity index (χ1v) is 7.49. The molecule has 2 N–H and O–H groups in total. The summed E-state index contributed by atoms with van der Waals surface area (Å²) in [6, 6.07) is 5.62. The van der Waals surface area contributed by atoms with Gasteiger partial charge >= 0.3 is 0 Å². The van der Waals surface area contributed by atoms with E-state index in [9.17, 15) is 4.79 Å². The summed E-state index contributed by atoms with van der Waals surface area (Å²) in [4.78, 5) is 17.0. The van der Waals surface area contributed by atoms with Gasteiger partial charge < -0.3 is 15.4 Å². The average molecular weight is 291 g/mol. The van der Waals surface area contributed by atoms with Crippen LogP contribution in [0.15, 0.2) is 18.2 Å². The van der Waals surface area contributed by atoms with Gasteiger partial charge in [0, 0.05) is 39.0 Å². The number of carbonyl (C=O) groups excluding carboxylic acids is 1. The second kappa shape index (κ2) is 7.43. The van der Waals surface area contributed by atoms with Gasteiger partial charge in [0.25, 0.3) is 5.91 Å². The number of hydrogen-bond acceptors (Lipinski definition) is 4. The number of ether oxygens (including phenoxy) is 1. The van der Waals surface area contributed by atoms with Gasteiger partial charge in [-0.3, -0.25) is 9.69 Å². The van der Waals surface area contributed by atoms with Crippen molar-refractivity contribution in [2.75, 3.05) is 52.2 Å². The van der Waals surface area contributed by atoms with Crippen molar-refractivity contribution in [1.29, 1.82) is 0 Å². The highest BCUT2D eigenvalue weighted by atomic mass is 16.5. The number of anilines is 1. The molecule has 0 atom stereocenters. The van der Waals surface area contributed by atoms with E-state index in [1.807, 2.05) is 24.0 Å². The van der Waals surface area contributed by atoms with E-state index < -0.39 is 0 Å². The molecule has 21 heavy (non-hydrogen) atoms. The maximum Gasteiger partial charge on any atom is 0.256 e. The van der Waals surface area contributed by atoms with Gasteiger partial charge in [-0.25, -0.2) is 0 Å². The van der Waals surface area contributed by atoms with Crippen LogP contribution in [0.1, 0.15) is 22.3 Å². The van der Waals surface area contributed by atoms with Crippen LogP contribution in [0.4, 0.5) is 5.69 Å². The number of amides is 1. The van der Waals surface area contributed by atoms with Crippen LogP contribution in [-0.2, 0) is 4.74 Å². The molecule has 2 rings (SSSR count). The lowest BCUT2D eigenvalue weighted by Gasteiger charge is -2.23. The molecule has 1 aromatic carbocycles. The molecule has 0 radical (unpaired) electrons. The minimum absolute atomic E-state index is 0.0548. The maximum absolute atomic E-state index is 12.7. The monoisotopic (exact) mass is 291 g/mol. The minimum Gasteiger partial charge on any atom is -0.398 e. The topological polar surface area (TPSA) is 58.8 Å². The number of carbonyl (C=O) groups is 1. The van der Waals surface area contributed by atoms with Crippen LogP contribution >= 0.6 is 0 Å². The first kappa shape index (κ1) is 15.8. The number of nitrogens with zero attached hydrogens (tertiary/aromatic N) is 2. The summed E-state index contributed by atoms with van der Waals surface area (Å²) in [5, 5.41) is 0. The van der Waals surface area contributed by atoms with Gasteiger partial charge in [-0.15, -0.1) is 0 Å². The van der Waals surface area contributed by atoms with Crippen molar-refractivity contribution in [3.8, 4) is 0 Å². The molecule has 1 aliphatic rings. The highest BCUT2D eigenvalue weighted by Gasteiger charge is 2.22. The predicted octanol–water partition coefficient (Wildman–Crippen LogP) is 1.37. The van der Waals surface area contributed by atoms with E-state index in [2.05, 4.69) is 4.90 Å². The van der Waals surface area contributed by atoms with Crippen LogP contribution in [0.2, 0.25) is 0 Å². The molecule has 1 aliphatic heterocycles. The van der Waals surface area contributed by atoms with Crippen molar-refractivity contribution < 1.29 is 9.53 Å². The fraction of sp³-hybridized carbons (Fsp3) is 0.562. The predicted molar refractivity (Wildman–Crippen MR) is 84.4 cm³/mol. The largest absolute Gasteiger partial charge is 0.398 e. The zero-order chi connectivity index (χ0) is 15.2. The summed E-state index contributed by atoms with van der Waals surface area (Å²) in [5.41, 5.74) is 8.16. The van der Waals surface area contributed by atoms with Crippen molar-refractivity contribution in [1.82, 2.24) is 9.80 Å². The fourth-order valence-corrected chi connectivity index (χ4v) is 2.76. The van der Waals surface area contributed by atoms with E-state index in [0.29, 0.717) is 11.3 Å². The number of benzene rings is 1. The van der Waals surface area contributed by atoms with Gasteiger partial charge in [0.05, 0.1) is 12.2 Å². The molecule has 5 nitrogen and oxygen atoms in total. The Bertz CT molecular complexity index is 470. The molecule has 0 bridgehead atoms. The number of methoxy groups -OCH3 is 1. The Hall–Kier alpha value is -1.59. The summed E-state index contributed by atoms with van der Waals surface area (Å²) >= 11 is 0. The number of nitrogens with two attached hydrogens (primary N) is 1. The molecule has 1 aromatic rings. The Morgan fingerprint density at radius 2 is 2.10 bits per heavy atom. The Morgan fingerprint density at radius 1 is 1.29 bits per heavy atom. The maximum atomic E-state index is 12.7. The zero-order valence-corrected chi connectivity index (χ0v) is 13.0. The SMILES string of the molecule is COCCN1CCCN(C(=O)c2c(C)cccc2N)CC1. The van der Waals surface area contributed by atoms with E-state index >= 15 is 0 Å². The smallest absolute Gasteiger partial charge is 0.256 e. The minimum atomic E-state index is 0.0548. The lowest BCUT2D eigenvalue weighted by Crippen LogP contribution is -2.36. The van der Waals surface area contributed by atoms with Crippen LogP contribution < -0.4 is 5.73 Å². The van der Waals surface area contributed by atoms with E-state index in [0.717, 1.165) is 51.3 Å². The third-order valence-electron chi connectivity index (χ3n) is 4.01. The molecule has 0 aromatic heterocycles. The lowest BCUT2D eigenvalue weighted by atomic mass is 10.1. The number of aryl methyl sites for hydroxylation is 1. The number of rotatable bonds is 4. The molecule has 116 valence electrons. The molecule has 0 unspecified atom stereocenters. The Morgan fingerprint density at radius 3 is 2.81 bits per heavy atom. The van der Waals surface area contributed by atoms with Gasteiger partial charge in [0.1, 0.15) is 0 Å². The summed E-state index contributed by atoms with van der Waals surface area (Å²) in [6.07, 6.45) is 0.987. The second-order valence-electron chi connectivity index (χ2n) is 5.52. The molecule has 0 aliphatic carbocycles. The fourth-order valence-electron chi connectivity index (χ4n) is 2.76. The summed E-state index contributed by atoms with van der Waals surface area (Å²) in [6.45, 7) is 7.03. The molecular formula is C16H25N3O2. The highest BCUT2D eigenvalue weighted by Crippen LogP contribution is 2.19. The molecule has 1 heterocycles. The molecule has 1 saturated heterocycles. The summed E-state index contributed by atoms with van der Waals surface area (Å²) in [7, 11) is 1.72. The molecule has 1 fully saturated rings. The quantitative estimate of drug-likeness (QED) is 0.851. The Balaban J connectivity index is 2.03. The van der Waals surface area contributed by atoms with Crippen molar-refractivity contribution >= 4 is 11.6 Å². The average Bonchev–Trinajstić information content (AvgIpc) is 2.70. The van der Waals surface area contributed by atoms with Crippen molar-refractivity contribution in [2.24, 2.45) is 0 Å². The van der Waals surface area contributed by atoms with Gasteiger partial charge in [-0.05, 0) is 31.5 Å². The Labute approximate surface area is 126 Å².